The molecule has 2 aromatic rings. The second-order valence-corrected chi connectivity index (χ2v) is 8.00. The molecule has 3 rings (SSSR count). The molecule has 11 heteroatoms. The van der Waals surface area contributed by atoms with Gasteiger partial charge < -0.3 is 10.0 Å². The molecule has 0 saturated carbocycles. The lowest BCUT2D eigenvalue weighted by Crippen LogP contribution is -2.61. The molecule has 9 nitrogen and oxygen atoms in total. The van der Waals surface area contributed by atoms with Crippen molar-refractivity contribution in [1.29, 1.82) is 0 Å². The van der Waals surface area contributed by atoms with Crippen molar-refractivity contribution in [2.45, 2.75) is 6.61 Å². The van der Waals surface area contributed by atoms with E-state index in [2.05, 4.69) is 4.98 Å². The minimum absolute atomic E-state index is 0.111. The van der Waals surface area contributed by atoms with Crippen LogP contribution < -0.4 is 14.3 Å². The number of aromatic nitrogens is 1. The van der Waals surface area contributed by atoms with Gasteiger partial charge in [0.05, 0.1) is 25.9 Å². The van der Waals surface area contributed by atoms with Gasteiger partial charge in [-0.1, -0.05) is 23.5 Å². The number of rotatable bonds is 5. The van der Waals surface area contributed by atoms with Gasteiger partial charge >= 0.3 is 11.3 Å². The Hall–Kier alpha value is -1.89. The number of piperazine rings is 1. The number of aliphatic hydroxyl groups excluding tert-OH is 1. The summed E-state index contributed by atoms with van der Waals surface area (Å²) in [5.41, 5.74) is 2.94. The van der Waals surface area contributed by atoms with E-state index in [1.807, 2.05) is 4.90 Å². The lowest BCUT2D eigenvalue weighted by molar-refractivity contribution is 0.0710. The number of carbonyl (C=O) groups excluding carboxylic acids is 1. The number of carbonyl (C=O) groups is 1. The van der Waals surface area contributed by atoms with E-state index in [1.54, 1.807) is 29.7 Å². The van der Waals surface area contributed by atoms with Crippen molar-refractivity contribution in [3.8, 4) is 0 Å². The number of hydrogen-bond donors (Lipinski definition) is 4. The minimum Gasteiger partial charge on any atom is -0.392 e. The van der Waals surface area contributed by atoms with Crippen LogP contribution in [-0.4, -0.2) is 56.1 Å². The van der Waals surface area contributed by atoms with Crippen LogP contribution in [0.5, 0.6) is 0 Å². The number of thiazole rings is 1. The van der Waals surface area contributed by atoms with E-state index >= 15 is 0 Å². The fraction of sp³-hybridized carbons (Fsp3) is 0.333. The molecule has 140 valence electrons. The molecule has 1 aromatic heterocycles. The van der Waals surface area contributed by atoms with Crippen molar-refractivity contribution >= 4 is 39.3 Å². The summed E-state index contributed by atoms with van der Waals surface area (Å²) in [6.07, 6.45) is 1.39. The summed E-state index contributed by atoms with van der Waals surface area (Å²) < 4.78 is 22.0. The Bertz CT molecular complexity index is 820. The normalized spacial score (nSPS) is 17.7. The van der Waals surface area contributed by atoms with E-state index in [-0.39, 0.29) is 15.4 Å². The van der Waals surface area contributed by atoms with E-state index < -0.39 is 17.2 Å². The first-order valence-corrected chi connectivity index (χ1v) is 9.72. The maximum absolute atomic E-state index is 12.2. The fourth-order valence-corrected chi connectivity index (χ4v) is 4.59. The average Bonchev–Trinajstić information content (AvgIpc) is 3.17. The number of quaternary nitrogens is 1. The number of amides is 1. The SMILES string of the molecule is O=C(NO)c1cnc(N2CC[N+](c3cccc(CO)c3)(S(=O)O)CC2)s1. The van der Waals surface area contributed by atoms with Crippen LogP contribution in [0, 0.1) is 0 Å². The van der Waals surface area contributed by atoms with Gasteiger partial charge in [0.15, 0.2) is 5.13 Å². The Morgan fingerprint density at radius 2 is 2.12 bits per heavy atom. The number of hydroxylamine groups is 1. The van der Waals surface area contributed by atoms with Crippen molar-refractivity contribution in [3.05, 3.63) is 40.9 Å². The number of aliphatic hydroxyl groups is 1. The van der Waals surface area contributed by atoms with Crippen molar-refractivity contribution in [2.75, 3.05) is 31.1 Å². The second kappa shape index (κ2) is 7.78. The van der Waals surface area contributed by atoms with Crippen LogP contribution in [-0.2, 0) is 17.9 Å². The first kappa shape index (κ1) is 18.9. The van der Waals surface area contributed by atoms with E-state index in [9.17, 15) is 18.7 Å². The quantitative estimate of drug-likeness (QED) is 0.253. The zero-order valence-electron chi connectivity index (χ0n) is 13.7. The molecule has 0 spiro atoms. The summed E-state index contributed by atoms with van der Waals surface area (Å²) in [6, 6.07) is 7.06. The fourth-order valence-electron chi connectivity index (χ4n) is 2.96. The third-order valence-electron chi connectivity index (χ3n) is 4.41. The molecule has 1 fully saturated rings. The highest BCUT2D eigenvalue weighted by Crippen LogP contribution is 2.31. The highest BCUT2D eigenvalue weighted by Gasteiger charge is 2.42. The van der Waals surface area contributed by atoms with Gasteiger partial charge in [0, 0.05) is 12.1 Å². The van der Waals surface area contributed by atoms with Crippen LogP contribution in [0.15, 0.2) is 30.5 Å². The van der Waals surface area contributed by atoms with Gasteiger partial charge in [0.2, 0.25) is 0 Å². The monoisotopic (exact) mass is 399 g/mol. The number of anilines is 1. The van der Waals surface area contributed by atoms with Crippen molar-refractivity contribution in [1.82, 2.24) is 14.4 Å². The van der Waals surface area contributed by atoms with Crippen LogP contribution in [0.2, 0.25) is 0 Å². The summed E-state index contributed by atoms with van der Waals surface area (Å²) in [7, 11) is 0. The average molecular weight is 399 g/mol. The van der Waals surface area contributed by atoms with Gasteiger partial charge in [-0.3, -0.25) is 14.6 Å². The largest absolute Gasteiger partial charge is 0.392 e. The standard InChI is InChI=1S/C15H18N4O5S2/c20-10-11-2-1-3-12(8-11)19(26(23)24)6-4-18(5-7-19)15-16-9-13(25-15)14(21)17-22/h1-3,8-9,20H,4-7,10H2,(H2-,17,21,22,23,24)/p+1. The first-order chi connectivity index (χ1) is 12.5. The molecule has 0 aliphatic carbocycles. The number of benzene rings is 1. The molecule has 1 aliphatic heterocycles. The van der Waals surface area contributed by atoms with Crippen LogP contribution >= 0.6 is 11.3 Å². The zero-order valence-corrected chi connectivity index (χ0v) is 15.4. The molecule has 4 N–H and O–H groups in total. The zero-order chi connectivity index (χ0) is 18.7. The molecule has 1 amide bonds. The third kappa shape index (κ3) is 3.49. The molecule has 1 aliphatic rings. The predicted molar refractivity (Wildman–Crippen MR) is 98.2 cm³/mol. The smallest absolute Gasteiger partial charge is 0.363 e. The molecular weight excluding hydrogens is 380 g/mol. The van der Waals surface area contributed by atoms with Crippen molar-refractivity contribution in [3.63, 3.8) is 0 Å². The molecule has 0 bridgehead atoms. The molecule has 1 atom stereocenters. The maximum Gasteiger partial charge on any atom is 0.363 e. The molecule has 2 heterocycles. The summed E-state index contributed by atoms with van der Waals surface area (Å²) in [6.45, 7) is 1.57. The lowest BCUT2D eigenvalue weighted by Gasteiger charge is -2.40. The molecular formula is C15H19N4O5S2+. The highest BCUT2D eigenvalue weighted by atomic mass is 32.2. The van der Waals surface area contributed by atoms with E-state index in [0.717, 1.165) is 11.3 Å². The van der Waals surface area contributed by atoms with Gasteiger partial charge in [-0.2, -0.15) is 8.10 Å². The highest BCUT2D eigenvalue weighted by molar-refractivity contribution is 7.78. The summed E-state index contributed by atoms with van der Waals surface area (Å²) in [5, 5.41) is 18.6. The van der Waals surface area contributed by atoms with Gasteiger partial charge in [-0.25, -0.2) is 10.5 Å². The Labute approximate surface area is 156 Å². The number of nitrogens with zero attached hydrogens (tertiary/aromatic N) is 3. The minimum atomic E-state index is -2.13. The second-order valence-electron chi connectivity index (χ2n) is 5.83. The van der Waals surface area contributed by atoms with E-state index in [0.29, 0.717) is 42.6 Å². The Balaban J connectivity index is 1.80. The van der Waals surface area contributed by atoms with E-state index in [4.69, 9.17) is 5.21 Å². The summed E-state index contributed by atoms with van der Waals surface area (Å²) in [5.74, 6) is -0.617. The molecule has 26 heavy (non-hydrogen) atoms. The molecule has 0 radical (unpaired) electrons. The summed E-state index contributed by atoms with van der Waals surface area (Å²) in [4.78, 5) is 17.9. The van der Waals surface area contributed by atoms with Gasteiger partial charge in [-0.15, -0.1) is 0 Å². The molecule has 1 aromatic carbocycles. The maximum atomic E-state index is 12.2. The third-order valence-corrected chi connectivity index (χ3v) is 6.65. The summed E-state index contributed by atoms with van der Waals surface area (Å²) >= 11 is -0.985. The van der Waals surface area contributed by atoms with Gasteiger partial charge in [0.1, 0.15) is 23.7 Å². The molecule has 1 unspecified atom stereocenters. The Kier molecular flexibility index (Phi) is 5.65. The van der Waals surface area contributed by atoms with Crippen LogP contribution in [0.4, 0.5) is 10.8 Å². The number of nitrogens with one attached hydrogen (secondary N) is 1. The first-order valence-electron chi connectivity index (χ1n) is 7.84. The molecule has 1 saturated heterocycles. The van der Waals surface area contributed by atoms with Crippen LogP contribution in [0.3, 0.4) is 0 Å². The van der Waals surface area contributed by atoms with Crippen molar-refractivity contribution in [2.24, 2.45) is 0 Å². The lowest BCUT2D eigenvalue weighted by atomic mass is 10.2. The van der Waals surface area contributed by atoms with Gasteiger partial charge in [-0.05, 0) is 5.56 Å². The van der Waals surface area contributed by atoms with Crippen LogP contribution in [0.1, 0.15) is 15.2 Å². The Morgan fingerprint density at radius 3 is 2.73 bits per heavy atom. The van der Waals surface area contributed by atoms with Crippen molar-refractivity contribution < 1.29 is 23.9 Å². The number of hydrogen-bond acceptors (Lipinski definition) is 7. The van der Waals surface area contributed by atoms with Crippen LogP contribution in [0.25, 0.3) is 0 Å². The predicted octanol–water partition coefficient (Wildman–Crippen LogP) is 0.719. The van der Waals surface area contributed by atoms with E-state index in [1.165, 1.54) is 6.20 Å². The van der Waals surface area contributed by atoms with Gasteiger partial charge in [0.25, 0.3) is 5.91 Å². The topological polar surface area (TPSA) is 123 Å². The Morgan fingerprint density at radius 1 is 1.38 bits per heavy atom.